The van der Waals surface area contributed by atoms with Crippen molar-refractivity contribution in [2.24, 2.45) is 0 Å². The van der Waals surface area contributed by atoms with Crippen LogP contribution in [0.2, 0.25) is 5.02 Å². The van der Waals surface area contributed by atoms with Crippen LogP contribution in [-0.2, 0) is 6.54 Å². The SMILES string of the molecule is FC(F)c1nnc(-c2ccc(Cn3cc(-c4ccccc4Cl)nn3)nc2)o1. The maximum atomic E-state index is 12.5. The van der Waals surface area contributed by atoms with E-state index in [2.05, 4.69) is 25.5 Å². The van der Waals surface area contributed by atoms with Crippen molar-refractivity contribution >= 4 is 11.6 Å². The summed E-state index contributed by atoms with van der Waals surface area (Å²) in [5.41, 5.74) is 2.60. The molecule has 0 saturated heterocycles. The van der Waals surface area contributed by atoms with Gasteiger partial charge in [0.25, 0.3) is 5.89 Å². The smallest absolute Gasteiger partial charge is 0.314 e. The predicted molar refractivity (Wildman–Crippen MR) is 92.1 cm³/mol. The lowest BCUT2D eigenvalue weighted by Gasteiger charge is -2.01. The summed E-state index contributed by atoms with van der Waals surface area (Å²) in [6, 6.07) is 10.7. The quantitative estimate of drug-likeness (QED) is 0.513. The molecule has 0 unspecified atom stereocenters. The van der Waals surface area contributed by atoms with Gasteiger partial charge in [-0.25, -0.2) is 4.68 Å². The summed E-state index contributed by atoms with van der Waals surface area (Å²) in [4.78, 5) is 4.27. The number of rotatable bonds is 5. The van der Waals surface area contributed by atoms with Crippen molar-refractivity contribution in [3.8, 4) is 22.7 Å². The number of nitrogens with zero attached hydrogens (tertiary/aromatic N) is 6. The van der Waals surface area contributed by atoms with E-state index in [9.17, 15) is 8.78 Å². The Morgan fingerprint density at radius 1 is 1.07 bits per heavy atom. The second-order valence-electron chi connectivity index (χ2n) is 5.57. The topological polar surface area (TPSA) is 82.5 Å². The Bertz CT molecular complexity index is 1060. The largest absolute Gasteiger partial charge is 0.415 e. The maximum absolute atomic E-state index is 12.5. The molecule has 0 spiro atoms. The molecule has 7 nitrogen and oxygen atoms in total. The molecule has 0 amide bonds. The Labute approximate surface area is 156 Å². The van der Waals surface area contributed by atoms with Crippen molar-refractivity contribution < 1.29 is 13.2 Å². The van der Waals surface area contributed by atoms with Crippen LogP contribution in [0.5, 0.6) is 0 Å². The molecule has 1 aromatic carbocycles. The van der Waals surface area contributed by atoms with Gasteiger partial charge in [-0.2, -0.15) is 8.78 Å². The van der Waals surface area contributed by atoms with Crippen molar-refractivity contribution in [1.29, 1.82) is 0 Å². The molecule has 0 aliphatic heterocycles. The average molecular weight is 389 g/mol. The van der Waals surface area contributed by atoms with E-state index in [0.717, 1.165) is 5.56 Å². The summed E-state index contributed by atoms with van der Waals surface area (Å²) in [7, 11) is 0. The third-order valence-corrected chi connectivity index (χ3v) is 4.04. The molecule has 0 atom stereocenters. The molecule has 10 heteroatoms. The van der Waals surface area contributed by atoms with Crippen LogP contribution in [0.25, 0.3) is 22.7 Å². The summed E-state index contributed by atoms with van der Waals surface area (Å²) in [5.74, 6) is -0.727. The number of pyridine rings is 1. The molecule has 0 saturated carbocycles. The van der Waals surface area contributed by atoms with E-state index in [1.54, 1.807) is 29.1 Å². The summed E-state index contributed by atoms with van der Waals surface area (Å²) >= 11 is 6.17. The van der Waals surface area contributed by atoms with Crippen LogP contribution < -0.4 is 0 Å². The van der Waals surface area contributed by atoms with Gasteiger partial charge in [0.1, 0.15) is 5.69 Å². The second kappa shape index (κ2) is 7.20. The lowest BCUT2D eigenvalue weighted by Crippen LogP contribution is -2.02. The Hall–Kier alpha value is -3.20. The first-order chi connectivity index (χ1) is 13.1. The zero-order valence-electron chi connectivity index (χ0n) is 13.6. The van der Waals surface area contributed by atoms with E-state index in [4.69, 9.17) is 16.0 Å². The van der Waals surface area contributed by atoms with Gasteiger partial charge in [-0.05, 0) is 18.2 Å². The first-order valence-corrected chi connectivity index (χ1v) is 8.20. The molecule has 3 heterocycles. The molecular formula is C17H11ClF2N6O. The molecule has 0 aliphatic rings. The monoisotopic (exact) mass is 388 g/mol. The van der Waals surface area contributed by atoms with Gasteiger partial charge in [0.05, 0.1) is 29.0 Å². The Morgan fingerprint density at radius 3 is 2.63 bits per heavy atom. The van der Waals surface area contributed by atoms with Crippen molar-refractivity contribution in [3.05, 3.63) is 65.4 Å². The fraction of sp³-hybridized carbons (Fsp3) is 0.118. The zero-order valence-corrected chi connectivity index (χ0v) is 14.4. The van der Waals surface area contributed by atoms with Crippen LogP contribution >= 0.6 is 11.6 Å². The van der Waals surface area contributed by atoms with E-state index < -0.39 is 12.3 Å². The first kappa shape index (κ1) is 17.2. The number of benzene rings is 1. The molecule has 0 N–H and O–H groups in total. The number of hydrogen-bond acceptors (Lipinski definition) is 6. The van der Waals surface area contributed by atoms with Crippen LogP contribution in [0.1, 0.15) is 18.0 Å². The van der Waals surface area contributed by atoms with E-state index in [-0.39, 0.29) is 5.89 Å². The van der Waals surface area contributed by atoms with E-state index in [1.807, 2.05) is 18.2 Å². The van der Waals surface area contributed by atoms with Crippen LogP contribution in [0, 0.1) is 0 Å². The van der Waals surface area contributed by atoms with E-state index >= 15 is 0 Å². The molecular weight excluding hydrogens is 378 g/mol. The molecule has 4 aromatic rings. The van der Waals surface area contributed by atoms with E-state index in [0.29, 0.717) is 28.5 Å². The molecule has 0 fully saturated rings. The summed E-state index contributed by atoms with van der Waals surface area (Å²) < 4.78 is 31.6. The highest BCUT2D eigenvalue weighted by atomic mass is 35.5. The number of aromatic nitrogens is 6. The molecule has 0 aliphatic carbocycles. The fourth-order valence-electron chi connectivity index (χ4n) is 2.42. The summed E-state index contributed by atoms with van der Waals surface area (Å²) in [6.45, 7) is 0.379. The van der Waals surface area contributed by atoms with Gasteiger partial charge in [-0.3, -0.25) is 4.98 Å². The Kier molecular flexibility index (Phi) is 4.59. The Balaban J connectivity index is 1.50. The molecule has 3 aromatic heterocycles. The molecule has 0 bridgehead atoms. The van der Waals surface area contributed by atoms with Gasteiger partial charge < -0.3 is 4.42 Å². The first-order valence-electron chi connectivity index (χ1n) is 7.82. The highest BCUT2D eigenvalue weighted by Gasteiger charge is 2.17. The van der Waals surface area contributed by atoms with Gasteiger partial charge >= 0.3 is 6.43 Å². The van der Waals surface area contributed by atoms with Crippen molar-refractivity contribution in [3.63, 3.8) is 0 Å². The van der Waals surface area contributed by atoms with Crippen LogP contribution in [0.4, 0.5) is 8.78 Å². The minimum atomic E-state index is -2.81. The van der Waals surface area contributed by atoms with Gasteiger partial charge in [-0.15, -0.1) is 15.3 Å². The maximum Gasteiger partial charge on any atom is 0.314 e. The van der Waals surface area contributed by atoms with Crippen LogP contribution in [0.3, 0.4) is 0 Å². The fourth-order valence-corrected chi connectivity index (χ4v) is 2.65. The van der Waals surface area contributed by atoms with Crippen LogP contribution in [0.15, 0.2) is 53.2 Å². The minimum Gasteiger partial charge on any atom is -0.415 e. The lowest BCUT2D eigenvalue weighted by molar-refractivity contribution is 0.116. The van der Waals surface area contributed by atoms with Gasteiger partial charge in [0.2, 0.25) is 5.89 Å². The number of hydrogen-bond donors (Lipinski definition) is 0. The predicted octanol–water partition coefficient (Wildman–Crippen LogP) is 4.03. The standard InChI is InChI=1S/C17H11ClF2N6O/c18-13-4-2-1-3-12(13)14-9-26(25-22-14)8-11-6-5-10(7-21-11)16-23-24-17(27-16)15(19)20/h1-7,9,15H,8H2. The lowest BCUT2D eigenvalue weighted by atomic mass is 10.2. The van der Waals surface area contributed by atoms with Crippen molar-refractivity contribution in [1.82, 2.24) is 30.2 Å². The minimum absolute atomic E-state index is 0.00823. The van der Waals surface area contributed by atoms with Gasteiger partial charge in [0, 0.05) is 11.8 Å². The van der Waals surface area contributed by atoms with Gasteiger partial charge in [-0.1, -0.05) is 35.0 Å². The molecule has 27 heavy (non-hydrogen) atoms. The third-order valence-electron chi connectivity index (χ3n) is 3.71. The average Bonchev–Trinajstić information content (AvgIpc) is 3.33. The van der Waals surface area contributed by atoms with Crippen molar-refractivity contribution in [2.75, 3.05) is 0 Å². The summed E-state index contributed by atoms with van der Waals surface area (Å²) in [5, 5.41) is 15.7. The number of halogens is 3. The molecule has 0 radical (unpaired) electrons. The second-order valence-corrected chi connectivity index (χ2v) is 5.97. The van der Waals surface area contributed by atoms with Gasteiger partial charge in [0.15, 0.2) is 0 Å². The molecule has 136 valence electrons. The van der Waals surface area contributed by atoms with Crippen molar-refractivity contribution in [2.45, 2.75) is 13.0 Å². The normalized spacial score (nSPS) is 11.3. The molecule has 4 rings (SSSR count). The highest BCUT2D eigenvalue weighted by molar-refractivity contribution is 6.33. The third kappa shape index (κ3) is 3.68. The number of alkyl halides is 2. The zero-order chi connectivity index (χ0) is 18.8. The van der Waals surface area contributed by atoms with Crippen LogP contribution in [-0.4, -0.2) is 30.2 Å². The Morgan fingerprint density at radius 2 is 1.93 bits per heavy atom. The highest BCUT2D eigenvalue weighted by Crippen LogP contribution is 2.25. The van der Waals surface area contributed by atoms with E-state index in [1.165, 1.54) is 6.20 Å². The summed E-state index contributed by atoms with van der Waals surface area (Å²) in [6.07, 6.45) is 0.436.